The summed E-state index contributed by atoms with van der Waals surface area (Å²) < 4.78 is 5.42. The summed E-state index contributed by atoms with van der Waals surface area (Å²) in [6.45, 7) is 1.49. The van der Waals surface area contributed by atoms with E-state index in [1.165, 1.54) is 6.42 Å². The first kappa shape index (κ1) is 7.76. The van der Waals surface area contributed by atoms with Crippen molar-refractivity contribution in [2.45, 2.75) is 25.4 Å². The van der Waals surface area contributed by atoms with Crippen LogP contribution >= 0.6 is 0 Å². The van der Waals surface area contributed by atoms with Crippen molar-refractivity contribution in [1.82, 2.24) is 10.3 Å². The number of nitrogens with two attached hydrogens (primary N) is 1. The molecule has 4 heteroatoms. The first-order valence-corrected chi connectivity index (χ1v) is 4.28. The number of nitrogens with zero attached hydrogens (tertiary/aromatic N) is 1. The molecule has 4 nitrogen and oxygen atoms in total. The van der Waals surface area contributed by atoms with Crippen LogP contribution in [0.15, 0.2) is 10.6 Å². The summed E-state index contributed by atoms with van der Waals surface area (Å²) in [6.07, 6.45) is 4.02. The predicted molar refractivity (Wildman–Crippen MR) is 44.4 cm³/mol. The van der Waals surface area contributed by atoms with Crippen molar-refractivity contribution in [1.29, 1.82) is 0 Å². The Balaban J connectivity index is 2.11. The lowest BCUT2D eigenvalue weighted by molar-refractivity contribution is 0.405. The first-order chi connectivity index (χ1) is 5.90. The van der Waals surface area contributed by atoms with E-state index in [0.717, 1.165) is 24.6 Å². The summed E-state index contributed by atoms with van der Waals surface area (Å²) in [6, 6.07) is 0.310. The number of hydrogen-bond acceptors (Lipinski definition) is 4. The van der Waals surface area contributed by atoms with E-state index in [1.807, 2.05) is 0 Å². The van der Waals surface area contributed by atoms with E-state index in [0.29, 0.717) is 12.6 Å². The molecule has 66 valence electrons. The number of rotatable bonds is 2. The molecule has 1 saturated heterocycles. The van der Waals surface area contributed by atoms with Crippen molar-refractivity contribution in [3.63, 3.8) is 0 Å². The van der Waals surface area contributed by atoms with Gasteiger partial charge in [0.2, 0.25) is 5.89 Å². The summed E-state index contributed by atoms with van der Waals surface area (Å²) >= 11 is 0. The van der Waals surface area contributed by atoms with Crippen molar-refractivity contribution >= 4 is 0 Å². The van der Waals surface area contributed by atoms with Gasteiger partial charge in [0, 0.05) is 0 Å². The topological polar surface area (TPSA) is 64.1 Å². The number of hydrogen-bond donors (Lipinski definition) is 2. The van der Waals surface area contributed by atoms with Crippen LogP contribution in [0.25, 0.3) is 0 Å². The van der Waals surface area contributed by atoms with Crippen molar-refractivity contribution in [2.24, 2.45) is 5.73 Å². The fraction of sp³-hybridized carbons (Fsp3) is 0.625. The van der Waals surface area contributed by atoms with E-state index < -0.39 is 0 Å². The molecule has 0 aliphatic carbocycles. The lowest BCUT2D eigenvalue weighted by atomic mass is 10.2. The van der Waals surface area contributed by atoms with E-state index in [2.05, 4.69) is 10.3 Å². The van der Waals surface area contributed by atoms with Gasteiger partial charge in [-0.3, -0.25) is 0 Å². The van der Waals surface area contributed by atoms with Crippen LogP contribution in [0.3, 0.4) is 0 Å². The van der Waals surface area contributed by atoms with Crippen LogP contribution in [0.1, 0.15) is 30.5 Å². The van der Waals surface area contributed by atoms with Gasteiger partial charge in [0.15, 0.2) is 0 Å². The van der Waals surface area contributed by atoms with E-state index >= 15 is 0 Å². The average Bonchev–Trinajstić information content (AvgIpc) is 2.75. The Labute approximate surface area is 71.2 Å². The van der Waals surface area contributed by atoms with Crippen LogP contribution in [0.2, 0.25) is 0 Å². The number of aromatic nitrogens is 1. The zero-order valence-corrected chi connectivity index (χ0v) is 6.92. The van der Waals surface area contributed by atoms with Crippen LogP contribution in [0.4, 0.5) is 0 Å². The Kier molecular flexibility index (Phi) is 2.10. The van der Waals surface area contributed by atoms with Gasteiger partial charge in [-0.25, -0.2) is 4.98 Å². The lowest BCUT2D eigenvalue weighted by Crippen LogP contribution is -2.12. The van der Waals surface area contributed by atoms with Crippen LogP contribution < -0.4 is 11.1 Å². The van der Waals surface area contributed by atoms with Crippen molar-refractivity contribution in [3.8, 4) is 0 Å². The zero-order chi connectivity index (χ0) is 8.39. The van der Waals surface area contributed by atoms with Crippen LogP contribution in [0.5, 0.6) is 0 Å². The summed E-state index contributed by atoms with van der Waals surface area (Å²) in [4.78, 5) is 4.16. The lowest BCUT2D eigenvalue weighted by Gasteiger charge is -2.02. The molecule has 0 saturated carbocycles. The van der Waals surface area contributed by atoms with Crippen LogP contribution in [0, 0.1) is 0 Å². The molecule has 0 radical (unpaired) electrons. The van der Waals surface area contributed by atoms with Gasteiger partial charge >= 0.3 is 0 Å². The summed E-state index contributed by atoms with van der Waals surface area (Å²) in [7, 11) is 0. The van der Waals surface area contributed by atoms with Gasteiger partial charge in [0.25, 0.3) is 0 Å². The van der Waals surface area contributed by atoms with E-state index in [-0.39, 0.29) is 0 Å². The highest BCUT2D eigenvalue weighted by Gasteiger charge is 2.20. The minimum atomic E-state index is 0.310. The molecule has 1 aliphatic rings. The van der Waals surface area contributed by atoms with Crippen LogP contribution in [-0.4, -0.2) is 11.5 Å². The SMILES string of the molecule is NCc1cnc(C2CCCN2)o1. The van der Waals surface area contributed by atoms with Gasteiger partial charge in [0.1, 0.15) is 5.76 Å². The molecule has 2 heterocycles. The predicted octanol–water partition coefficient (Wildman–Crippen LogP) is 0.558. The van der Waals surface area contributed by atoms with Gasteiger partial charge in [-0.05, 0) is 19.4 Å². The molecule has 0 spiro atoms. The number of oxazole rings is 1. The van der Waals surface area contributed by atoms with Gasteiger partial charge in [-0.1, -0.05) is 0 Å². The standard InChI is InChI=1S/C8H13N3O/c9-4-6-5-11-8(12-6)7-2-1-3-10-7/h5,7,10H,1-4,9H2. The summed E-state index contributed by atoms with van der Waals surface area (Å²) in [5, 5.41) is 3.31. The average molecular weight is 167 g/mol. The largest absolute Gasteiger partial charge is 0.443 e. The molecular weight excluding hydrogens is 154 g/mol. The zero-order valence-electron chi connectivity index (χ0n) is 6.92. The minimum absolute atomic E-state index is 0.310. The van der Waals surface area contributed by atoms with Gasteiger partial charge < -0.3 is 15.5 Å². The smallest absolute Gasteiger partial charge is 0.211 e. The van der Waals surface area contributed by atoms with Crippen molar-refractivity contribution < 1.29 is 4.42 Å². The molecule has 1 aliphatic heterocycles. The Hall–Kier alpha value is -0.870. The summed E-state index contributed by atoms with van der Waals surface area (Å²) in [5.74, 6) is 1.55. The molecule has 1 unspecified atom stereocenters. The molecule has 0 amide bonds. The van der Waals surface area contributed by atoms with Crippen molar-refractivity contribution in [2.75, 3.05) is 6.54 Å². The Bertz CT molecular complexity index is 253. The fourth-order valence-corrected chi connectivity index (χ4v) is 1.47. The van der Waals surface area contributed by atoms with E-state index in [4.69, 9.17) is 10.2 Å². The van der Waals surface area contributed by atoms with E-state index in [1.54, 1.807) is 6.20 Å². The Morgan fingerprint density at radius 2 is 2.67 bits per heavy atom. The second kappa shape index (κ2) is 3.25. The third-order valence-corrected chi connectivity index (χ3v) is 2.13. The van der Waals surface area contributed by atoms with Crippen molar-refractivity contribution in [3.05, 3.63) is 17.8 Å². The molecule has 1 fully saturated rings. The van der Waals surface area contributed by atoms with E-state index in [9.17, 15) is 0 Å². The van der Waals surface area contributed by atoms with Gasteiger partial charge in [0.05, 0.1) is 18.8 Å². The van der Waals surface area contributed by atoms with Gasteiger partial charge in [-0.2, -0.15) is 0 Å². The third-order valence-electron chi connectivity index (χ3n) is 2.13. The second-order valence-electron chi connectivity index (χ2n) is 3.02. The molecule has 0 bridgehead atoms. The molecule has 0 aromatic carbocycles. The number of nitrogens with one attached hydrogen (secondary N) is 1. The quantitative estimate of drug-likeness (QED) is 0.675. The molecule has 3 N–H and O–H groups in total. The first-order valence-electron chi connectivity index (χ1n) is 4.28. The molecule has 1 aromatic heterocycles. The Morgan fingerprint density at radius 3 is 3.25 bits per heavy atom. The maximum absolute atomic E-state index is 5.42. The third kappa shape index (κ3) is 1.35. The van der Waals surface area contributed by atoms with Gasteiger partial charge in [-0.15, -0.1) is 0 Å². The summed E-state index contributed by atoms with van der Waals surface area (Å²) in [5.41, 5.74) is 5.41. The van der Waals surface area contributed by atoms with Crippen LogP contribution in [-0.2, 0) is 6.54 Å². The Morgan fingerprint density at radius 1 is 1.75 bits per heavy atom. The highest BCUT2D eigenvalue weighted by molar-refractivity contribution is 4.99. The molecule has 1 atom stereocenters. The molecular formula is C8H13N3O. The fourth-order valence-electron chi connectivity index (χ4n) is 1.47. The molecule has 1 aromatic rings. The molecule has 2 rings (SSSR count). The molecule has 12 heavy (non-hydrogen) atoms. The maximum atomic E-state index is 5.42. The normalized spacial score (nSPS) is 23.2. The monoisotopic (exact) mass is 167 g/mol. The maximum Gasteiger partial charge on any atom is 0.211 e. The highest BCUT2D eigenvalue weighted by atomic mass is 16.4. The second-order valence-corrected chi connectivity index (χ2v) is 3.02. The minimum Gasteiger partial charge on any atom is -0.443 e. The highest BCUT2D eigenvalue weighted by Crippen LogP contribution is 2.22.